The molecule has 0 aromatic carbocycles. The maximum absolute atomic E-state index is 12.3. The van der Waals surface area contributed by atoms with Crippen molar-refractivity contribution in [2.75, 3.05) is 26.2 Å². The van der Waals surface area contributed by atoms with Crippen LogP contribution in [0.1, 0.15) is 25.7 Å². The summed E-state index contributed by atoms with van der Waals surface area (Å²) >= 11 is 0. The van der Waals surface area contributed by atoms with Crippen LogP contribution in [0.2, 0.25) is 0 Å². The summed E-state index contributed by atoms with van der Waals surface area (Å²) in [5.74, 6) is 0.984. The molecule has 1 amide bonds. The van der Waals surface area contributed by atoms with Gasteiger partial charge in [0.05, 0.1) is 12.5 Å². The number of carbonyl (C=O) groups excluding carboxylic acids is 1. The van der Waals surface area contributed by atoms with Gasteiger partial charge in [-0.15, -0.1) is 5.10 Å². The van der Waals surface area contributed by atoms with Crippen molar-refractivity contribution in [1.82, 2.24) is 24.4 Å². The van der Waals surface area contributed by atoms with Gasteiger partial charge in [-0.25, -0.2) is 9.48 Å². The fourth-order valence-electron chi connectivity index (χ4n) is 3.53. The van der Waals surface area contributed by atoms with E-state index < -0.39 is 0 Å². The van der Waals surface area contributed by atoms with Crippen LogP contribution in [0.25, 0.3) is 5.65 Å². The molecule has 25 heavy (non-hydrogen) atoms. The molecule has 0 unspecified atom stereocenters. The van der Waals surface area contributed by atoms with Gasteiger partial charge in [0.15, 0.2) is 5.65 Å². The topological polar surface area (TPSA) is 71.6 Å². The highest BCUT2D eigenvalue weighted by Gasteiger charge is 2.28. The van der Waals surface area contributed by atoms with Gasteiger partial charge in [0, 0.05) is 25.8 Å². The normalized spacial score (nSPS) is 21.5. The highest BCUT2D eigenvalue weighted by atomic mass is 16.2. The molecule has 7 nitrogen and oxygen atoms in total. The number of fused-ring (bicyclic) bond motifs is 1. The molecular formula is C18H25N5O2. The Morgan fingerprint density at radius 1 is 1.24 bits per heavy atom. The van der Waals surface area contributed by atoms with Gasteiger partial charge < -0.3 is 10.2 Å². The van der Waals surface area contributed by atoms with E-state index in [9.17, 15) is 9.59 Å². The smallest absolute Gasteiger partial charge is 0.350 e. The molecule has 3 heterocycles. The molecule has 1 atom stereocenters. The second kappa shape index (κ2) is 7.00. The van der Waals surface area contributed by atoms with Gasteiger partial charge in [-0.2, -0.15) is 0 Å². The first kappa shape index (κ1) is 16.3. The Kier molecular flexibility index (Phi) is 4.57. The van der Waals surface area contributed by atoms with Crippen LogP contribution in [-0.4, -0.2) is 51.2 Å². The summed E-state index contributed by atoms with van der Waals surface area (Å²) in [7, 11) is 0. The Bertz CT molecular complexity index is 807. The van der Waals surface area contributed by atoms with Gasteiger partial charge in [-0.1, -0.05) is 6.07 Å². The molecule has 2 fully saturated rings. The summed E-state index contributed by atoms with van der Waals surface area (Å²) in [4.78, 5) is 26.9. The predicted octanol–water partition coefficient (Wildman–Crippen LogP) is 0.734. The second-order valence-corrected chi connectivity index (χ2v) is 7.26. The van der Waals surface area contributed by atoms with E-state index >= 15 is 0 Å². The van der Waals surface area contributed by atoms with E-state index in [0.29, 0.717) is 18.1 Å². The van der Waals surface area contributed by atoms with Crippen molar-refractivity contribution in [3.8, 4) is 0 Å². The van der Waals surface area contributed by atoms with Crippen molar-refractivity contribution >= 4 is 11.6 Å². The van der Waals surface area contributed by atoms with E-state index in [2.05, 4.69) is 15.3 Å². The van der Waals surface area contributed by atoms with E-state index in [1.807, 2.05) is 18.2 Å². The van der Waals surface area contributed by atoms with Gasteiger partial charge in [0.25, 0.3) is 0 Å². The lowest BCUT2D eigenvalue weighted by Crippen LogP contribution is -2.44. The summed E-state index contributed by atoms with van der Waals surface area (Å²) in [6, 6.07) is 5.54. The summed E-state index contributed by atoms with van der Waals surface area (Å²) in [5, 5.41) is 7.47. The maximum Gasteiger partial charge on any atom is 0.350 e. The number of carbonyl (C=O) groups is 1. The molecule has 1 aliphatic carbocycles. The van der Waals surface area contributed by atoms with Gasteiger partial charge in [-0.05, 0) is 50.3 Å². The third-order valence-electron chi connectivity index (χ3n) is 5.25. The quantitative estimate of drug-likeness (QED) is 0.840. The predicted molar refractivity (Wildman–Crippen MR) is 94.3 cm³/mol. The number of hydrogen-bond acceptors (Lipinski definition) is 4. The number of amides is 1. The average Bonchev–Trinajstić information content (AvgIpc) is 3.42. The largest absolute Gasteiger partial charge is 0.356 e. The molecule has 0 radical (unpaired) electrons. The van der Waals surface area contributed by atoms with Gasteiger partial charge in [-0.3, -0.25) is 9.20 Å². The van der Waals surface area contributed by atoms with E-state index in [-0.39, 0.29) is 17.5 Å². The zero-order valence-corrected chi connectivity index (χ0v) is 14.4. The van der Waals surface area contributed by atoms with E-state index in [1.165, 1.54) is 17.5 Å². The Hall–Kier alpha value is -2.15. The lowest BCUT2D eigenvalue weighted by molar-refractivity contribution is -0.126. The fourth-order valence-corrected chi connectivity index (χ4v) is 3.53. The Morgan fingerprint density at radius 3 is 2.92 bits per heavy atom. The Labute approximate surface area is 146 Å². The monoisotopic (exact) mass is 343 g/mol. The van der Waals surface area contributed by atoms with Crippen molar-refractivity contribution in [2.24, 2.45) is 11.8 Å². The fraction of sp³-hybridized carbons (Fsp3) is 0.611. The molecular weight excluding hydrogens is 318 g/mol. The third kappa shape index (κ3) is 3.76. The first-order valence-electron chi connectivity index (χ1n) is 9.25. The maximum atomic E-state index is 12.3. The zero-order valence-electron chi connectivity index (χ0n) is 14.4. The van der Waals surface area contributed by atoms with Gasteiger partial charge in [0.2, 0.25) is 5.91 Å². The summed E-state index contributed by atoms with van der Waals surface area (Å²) in [5.41, 5.74) is 0.565. The molecule has 4 rings (SSSR count). The van der Waals surface area contributed by atoms with Crippen LogP contribution in [0.3, 0.4) is 0 Å². The minimum absolute atomic E-state index is 0.0743. The lowest BCUT2D eigenvalue weighted by Gasteiger charge is -2.31. The van der Waals surface area contributed by atoms with Crippen LogP contribution >= 0.6 is 0 Å². The minimum Gasteiger partial charge on any atom is -0.356 e. The van der Waals surface area contributed by atoms with Gasteiger partial charge in [0.1, 0.15) is 0 Å². The van der Waals surface area contributed by atoms with Crippen LogP contribution in [0.15, 0.2) is 29.2 Å². The highest BCUT2D eigenvalue weighted by Crippen LogP contribution is 2.27. The SMILES string of the molecule is O=C(NCC1CC1)[C@@H]1CCCN(CCn2nc3ccccn3c2=O)C1. The molecule has 7 heteroatoms. The molecule has 134 valence electrons. The number of nitrogens with zero attached hydrogens (tertiary/aromatic N) is 4. The summed E-state index contributed by atoms with van der Waals surface area (Å²) in [6.45, 7) is 3.90. The van der Waals surface area contributed by atoms with Crippen LogP contribution in [0.5, 0.6) is 0 Å². The third-order valence-corrected chi connectivity index (χ3v) is 5.25. The molecule has 2 aliphatic rings. The van der Waals surface area contributed by atoms with Crippen LogP contribution in [-0.2, 0) is 11.3 Å². The van der Waals surface area contributed by atoms with E-state index in [1.54, 1.807) is 10.6 Å². The molecule has 1 aliphatic heterocycles. The van der Waals surface area contributed by atoms with Crippen molar-refractivity contribution in [3.63, 3.8) is 0 Å². The standard InChI is InChI=1S/C18H25N5O2/c24-17(19-12-14-6-7-14)15-4-3-8-21(13-15)10-11-23-18(25)22-9-2-1-5-16(22)20-23/h1-2,5,9,14-15H,3-4,6-8,10-13H2,(H,19,24)/t15-/m1/s1. The number of piperidine rings is 1. The van der Waals surface area contributed by atoms with Crippen LogP contribution < -0.4 is 11.0 Å². The number of aromatic nitrogens is 3. The van der Waals surface area contributed by atoms with E-state index in [4.69, 9.17) is 0 Å². The highest BCUT2D eigenvalue weighted by molar-refractivity contribution is 5.79. The number of pyridine rings is 1. The lowest BCUT2D eigenvalue weighted by atomic mass is 9.97. The molecule has 0 bridgehead atoms. The van der Waals surface area contributed by atoms with Crippen molar-refractivity contribution in [2.45, 2.75) is 32.2 Å². The molecule has 0 spiro atoms. The summed E-state index contributed by atoms with van der Waals surface area (Å²) < 4.78 is 3.08. The molecule has 1 N–H and O–H groups in total. The summed E-state index contributed by atoms with van der Waals surface area (Å²) in [6.07, 6.45) is 6.24. The molecule has 2 aromatic rings. The van der Waals surface area contributed by atoms with Crippen LogP contribution in [0, 0.1) is 11.8 Å². The number of rotatable bonds is 6. The molecule has 1 saturated carbocycles. The zero-order chi connectivity index (χ0) is 17.2. The Morgan fingerprint density at radius 2 is 2.12 bits per heavy atom. The van der Waals surface area contributed by atoms with Crippen molar-refractivity contribution in [3.05, 3.63) is 34.9 Å². The Balaban J connectivity index is 1.33. The number of hydrogen-bond donors (Lipinski definition) is 1. The minimum atomic E-state index is -0.105. The van der Waals surface area contributed by atoms with Crippen molar-refractivity contribution in [1.29, 1.82) is 0 Å². The number of nitrogens with one attached hydrogen (secondary N) is 1. The van der Waals surface area contributed by atoms with Crippen LogP contribution in [0.4, 0.5) is 0 Å². The van der Waals surface area contributed by atoms with Crippen molar-refractivity contribution < 1.29 is 4.79 Å². The second-order valence-electron chi connectivity index (χ2n) is 7.26. The average molecular weight is 343 g/mol. The first-order chi connectivity index (χ1) is 12.2. The number of likely N-dealkylation sites (tertiary alicyclic amines) is 1. The molecule has 1 saturated heterocycles. The van der Waals surface area contributed by atoms with E-state index in [0.717, 1.165) is 39.0 Å². The molecule has 2 aromatic heterocycles. The first-order valence-corrected chi connectivity index (χ1v) is 9.25. The van der Waals surface area contributed by atoms with Gasteiger partial charge >= 0.3 is 5.69 Å².